The molecule has 0 aliphatic carbocycles. The number of benzene rings is 2. The van der Waals surface area contributed by atoms with Crippen molar-refractivity contribution < 1.29 is 9.59 Å². The van der Waals surface area contributed by atoms with Crippen LogP contribution in [-0.4, -0.2) is 12.2 Å². The third-order valence-electron chi connectivity index (χ3n) is 2.59. The molecule has 0 saturated heterocycles. The van der Waals surface area contributed by atoms with E-state index in [1.54, 1.807) is 12.1 Å². The Kier molecular flexibility index (Phi) is 3.53. The van der Waals surface area contributed by atoms with Crippen LogP contribution in [0.15, 0.2) is 48.5 Å². The van der Waals surface area contributed by atoms with Crippen LogP contribution in [-0.2, 0) is 4.79 Å². The van der Waals surface area contributed by atoms with Crippen molar-refractivity contribution in [1.29, 1.82) is 0 Å². The average molecular weight is 239 g/mol. The van der Waals surface area contributed by atoms with Gasteiger partial charge in [0.1, 0.15) is 6.29 Å². The Morgan fingerprint density at radius 2 is 1.44 bits per heavy atom. The molecule has 0 saturated carbocycles. The Balaban J connectivity index is 2.22. The summed E-state index contributed by atoms with van der Waals surface area (Å²) in [5.74, 6) is -0.0851. The fraction of sp³-hybridized carbons (Fsp3) is 0.0667. The number of rotatable bonds is 3. The summed E-state index contributed by atoms with van der Waals surface area (Å²) in [5, 5.41) is 2.72. The van der Waals surface area contributed by atoms with Gasteiger partial charge in [-0.05, 0) is 23.3 Å². The zero-order valence-electron chi connectivity index (χ0n) is 10.0. The lowest BCUT2D eigenvalue weighted by molar-refractivity contribution is -0.114. The van der Waals surface area contributed by atoms with Crippen molar-refractivity contribution in [2.45, 2.75) is 6.92 Å². The van der Waals surface area contributed by atoms with Gasteiger partial charge in [0.15, 0.2) is 0 Å². The summed E-state index contributed by atoms with van der Waals surface area (Å²) < 4.78 is 0. The van der Waals surface area contributed by atoms with Crippen molar-refractivity contribution in [3.05, 3.63) is 54.1 Å². The SMILES string of the molecule is CC(=O)Nc1ccc(-c2ccc(C=O)cc2)cc1. The van der Waals surface area contributed by atoms with E-state index in [1.165, 1.54) is 6.92 Å². The van der Waals surface area contributed by atoms with Crippen LogP contribution < -0.4 is 5.32 Å². The second kappa shape index (κ2) is 5.27. The Labute approximate surface area is 105 Å². The summed E-state index contributed by atoms with van der Waals surface area (Å²) in [6, 6.07) is 14.9. The van der Waals surface area contributed by atoms with E-state index < -0.39 is 0 Å². The number of carbonyl (C=O) groups excluding carboxylic acids is 2. The summed E-state index contributed by atoms with van der Waals surface area (Å²) in [7, 11) is 0. The molecule has 2 rings (SSSR count). The smallest absolute Gasteiger partial charge is 0.221 e. The van der Waals surface area contributed by atoms with Crippen LogP contribution in [0.1, 0.15) is 17.3 Å². The maximum Gasteiger partial charge on any atom is 0.221 e. The highest BCUT2D eigenvalue weighted by atomic mass is 16.1. The molecule has 2 aromatic rings. The van der Waals surface area contributed by atoms with Crippen LogP contribution in [0.2, 0.25) is 0 Å². The van der Waals surface area contributed by atoms with E-state index in [0.29, 0.717) is 5.56 Å². The van der Waals surface area contributed by atoms with Crippen LogP contribution in [0.3, 0.4) is 0 Å². The summed E-state index contributed by atoms with van der Waals surface area (Å²) in [4.78, 5) is 21.5. The lowest BCUT2D eigenvalue weighted by atomic mass is 10.0. The maximum absolute atomic E-state index is 10.9. The summed E-state index contributed by atoms with van der Waals surface area (Å²) in [6.07, 6.45) is 0.823. The first kappa shape index (κ1) is 12.0. The first-order valence-corrected chi connectivity index (χ1v) is 5.62. The van der Waals surface area contributed by atoms with E-state index in [0.717, 1.165) is 23.1 Å². The monoisotopic (exact) mass is 239 g/mol. The van der Waals surface area contributed by atoms with Crippen molar-refractivity contribution in [2.24, 2.45) is 0 Å². The summed E-state index contributed by atoms with van der Waals surface area (Å²) in [6.45, 7) is 1.48. The average Bonchev–Trinajstić information content (AvgIpc) is 2.39. The van der Waals surface area contributed by atoms with Crippen molar-refractivity contribution >= 4 is 17.9 Å². The lowest BCUT2D eigenvalue weighted by Crippen LogP contribution is -2.05. The van der Waals surface area contributed by atoms with Crippen molar-refractivity contribution in [2.75, 3.05) is 5.32 Å². The van der Waals surface area contributed by atoms with Gasteiger partial charge in [-0.2, -0.15) is 0 Å². The fourth-order valence-corrected chi connectivity index (χ4v) is 1.70. The van der Waals surface area contributed by atoms with Gasteiger partial charge in [0.05, 0.1) is 0 Å². The topological polar surface area (TPSA) is 46.2 Å². The van der Waals surface area contributed by atoms with Gasteiger partial charge in [-0.3, -0.25) is 9.59 Å². The normalized spacial score (nSPS) is 9.83. The molecule has 0 aliphatic heterocycles. The van der Waals surface area contributed by atoms with Gasteiger partial charge >= 0.3 is 0 Å². The minimum absolute atomic E-state index is 0.0851. The van der Waals surface area contributed by atoms with Gasteiger partial charge in [-0.15, -0.1) is 0 Å². The molecule has 0 atom stereocenters. The van der Waals surface area contributed by atoms with E-state index in [4.69, 9.17) is 0 Å². The first-order valence-electron chi connectivity index (χ1n) is 5.62. The molecular weight excluding hydrogens is 226 g/mol. The lowest BCUT2D eigenvalue weighted by Gasteiger charge is -2.05. The molecule has 0 radical (unpaired) electrons. The molecule has 18 heavy (non-hydrogen) atoms. The molecule has 2 aromatic carbocycles. The van der Waals surface area contributed by atoms with Gasteiger partial charge in [-0.1, -0.05) is 36.4 Å². The third-order valence-corrected chi connectivity index (χ3v) is 2.59. The molecule has 0 aliphatic rings. The number of hydrogen-bond acceptors (Lipinski definition) is 2. The zero-order valence-corrected chi connectivity index (χ0v) is 10.0. The highest BCUT2D eigenvalue weighted by Gasteiger charge is 1.99. The quantitative estimate of drug-likeness (QED) is 0.836. The fourth-order valence-electron chi connectivity index (χ4n) is 1.70. The highest BCUT2D eigenvalue weighted by Crippen LogP contribution is 2.21. The third kappa shape index (κ3) is 2.83. The molecular formula is C15H13NO2. The maximum atomic E-state index is 10.9. The van der Waals surface area contributed by atoms with Crippen LogP contribution in [0.25, 0.3) is 11.1 Å². The molecule has 90 valence electrons. The highest BCUT2D eigenvalue weighted by molar-refractivity contribution is 5.89. The van der Waals surface area contributed by atoms with Crippen LogP contribution in [0, 0.1) is 0 Å². The molecule has 0 spiro atoms. The number of hydrogen-bond donors (Lipinski definition) is 1. The van der Waals surface area contributed by atoms with Gasteiger partial charge in [0.25, 0.3) is 0 Å². The number of aldehydes is 1. The van der Waals surface area contributed by atoms with E-state index >= 15 is 0 Å². The molecule has 3 heteroatoms. The predicted molar refractivity (Wildman–Crippen MR) is 71.6 cm³/mol. The predicted octanol–water partition coefficient (Wildman–Crippen LogP) is 3.12. The van der Waals surface area contributed by atoms with Crippen molar-refractivity contribution in [3.63, 3.8) is 0 Å². The van der Waals surface area contributed by atoms with E-state index in [9.17, 15) is 9.59 Å². The standard InChI is InChI=1S/C15H13NO2/c1-11(18)16-15-8-6-14(7-9-15)13-4-2-12(10-17)3-5-13/h2-10H,1H3,(H,16,18). The molecule has 0 fully saturated rings. The minimum atomic E-state index is -0.0851. The molecule has 3 nitrogen and oxygen atoms in total. The van der Waals surface area contributed by atoms with E-state index in [-0.39, 0.29) is 5.91 Å². The molecule has 1 N–H and O–H groups in total. The number of amides is 1. The second-order valence-electron chi connectivity index (χ2n) is 4.00. The van der Waals surface area contributed by atoms with Crippen LogP contribution in [0.5, 0.6) is 0 Å². The Morgan fingerprint density at radius 1 is 0.944 bits per heavy atom. The summed E-state index contributed by atoms with van der Waals surface area (Å²) in [5.41, 5.74) is 3.51. The van der Waals surface area contributed by atoms with E-state index in [2.05, 4.69) is 5.32 Å². The van der Waals surface area contributed by atoms with Crippen molar-refractivity contribution in [3.8, 4) is 11.1 Å². The second-order valence-corrected chi connectivity index (χ2v) is 4.00. The largest absolute Gasteiger partial charge is 0.326 e. The molecule has 0 aromatic heterocycles. The van der Waals surface area contributed by atoms with Gasteiger partial charge < -0.3 is 5.32 Å². The van der Waals surface area contributed by atoms with Gasteiger partial charge in [-0.25, -0.2) is 0 Å². The first-order chi connectivity index (χ1) is 8.69. The van der Waals surface area contributed by atoms with Crippen LogP contribution >= 0.6 is 0 Å². The van der Waals surface area contributed by atoms with Crippen molar-refractivity contribution in [1.82, 2.24) is 0 Å². The molecule has 0 bridgehead atoms. The van der Waals surface area contributed by atoms with E-state index in [1.807, 2.05) is 36.4 Å². The molecule has 0 unspecified atom stereocenters. The number of carbonyl (C=O) groups is 2. The van der Waals surface area contributed by atoms with Gasteiger partial charge in [0, 0.05) is 18.2 Å². The number of anilines is 1. The minimum Gasteiger partial charge on any atom is -0.326 e. The summed E-state index contributed by atoms with van der Waals surface area (Å²) >= 11 is 0. The van der Waals surface area contributed by atoms with Gasteiger partial charge in [0.2, 0.25) is 5.91 Å². The zero-order chi connectivity index (χ0) is 13.0. The number of nitrogens with one attached hydrogen (secondary N) is 1. The molecule has 0 heterocycles. The molecule has 1 amide bonds. The Morgan fingerprint density at radius 3 is 1.89 bits per heavy atom. The Hall–Kier alpha value is -2.42. The van der Waals surface area contributed by atoms with Crippen LogP contribution in [0.4, 0.5) is 5.69 Å². The Bertz CT molecular complexity index is 556.